The molecule has 0 saturated carbocycles. The first-order valence-corrected chi connectivity index (χ1v) is 3.66. The van der Waals surface area contributed by atoms with Crippen molar-refractivity contribution >= 4 is 12.4 Å². The number of hydrogen-bond acceptors (Lipinski definition) is 3. The molecule has 0 radical (unpaired) electrons. The first-order valence-electron chi connectivity index (χ1n) is 3.66. The Morgan fingerprint density at radius 3 is 2.69 bits per heavy atom. The molecule has 0 aliphatic heterocycles. The number of rotatable bonds is 3. The summed E-state index contributed by atoms with van der Waals surface area (Å²) in [6, 6.07) is 9.33. The lowest BCUT2D eigenvalue weighted by Crippen LogP contribution is -2.02. The lowest BCUT2D eigenvalue weighted by atomic mass is 10.2. The molecule has 13 heavy (non-hydrogen) atoms. The molecule has 0 aliphatic carbocycles. The van der Waals surface area contributed by atoms with Crippen LogP contribution in [-0.4, -0.2) is 6.61 Å². The average Bonchev–Trinajstić information content (AvgIpc) is 2.15. The van der Waals surface area contributed by atoms with Gasteiger partial charge in [0.25, 0.3) is 0 Å². The first kappa shape index (κ1) is 11.8. The number of ether oxygens (including phenoxy) is 1. The van der Waals surface area contributed by atoms with Gasteiger partial charge in [-0.2, -0.15) is 5.26 Å². The van der Waals surface area contributed by atoms with E-state index in [4.69, 9.17) is 15.7 Å². The molecule has 3 nitrogen and oxygen atoms in total. The topological polar surface area (TPSA) is 59.0 Å². The predicted octanol–water partition coefficient (Wildman–Crippen LogP) is 1.47. The van der Waals surface area contributed by atoms with Crippen LogP contribution < -0.4 is 10.5 Å². The number of nitrogens with zero attached hydrogens (tertiary/aromatic N) is 1. The third-order valence-electron chi connectivity index (χ3n) is 1.48. The van der Waals surface area contributed by atoms with E-state index in [-0.39, 0.29) is 19.0 Å². The quantitative estimate of drug-likeness (QED) is 0.800. The van der Waals surface area contributed by atoms with E-state index in [0.717, 1.165) is 5.56 Å². The Morgan fingerprint density at radius 1 is 1.38 bits per heavy atom. The fourth-order valence-electron chi connectivity index (χ4n) is 0.923. The summed E-state index contributed by atoms with van der Waals surface area (Å²) in [5.41, 5.74) is 6.38. The Bertz CT molecular complexity index is 296. The Balaban J connectivity index is 0.00000144. The summed E-state index contributed by atoms with van der Waals surface area (Å²) in [5.74, 6) is 0.696. The largest absolute Gasteiger partial charge is 0.478 e. The van der Waals surface area contributed by atoms with Crippen molar-refractivity contribution < 1.29 is 4.74 Å². The van der Waals surface area contributed by atoms with E-state index in [0.29, 0.717) is 12.3 Å². The molecular formula is C9H11ClN2O. The minimum Gasteiger partial charge on any atom is -0.478 e. The van der Waals surface area contributed by atoms with Gasteiger partial charge in [0.2, 0.25) is 0 Å². The summed E-state index contributed by atoms with van der Waals surface area (Å²) in [5, 5.41) is 8.28. The van der Waals surface area contributed by atoms with Crippen LogP contribution >= 0.6 is 12.4 Å². The van der Waals surface area contributed by atoms with Crippen molar-refractivity contribution in [2.24, 2.45) is 5.73 Å². The molecule has 1 aromatic rings. The second-order valence-corrected chi connectivity index (χ2v) is 2.26. The van der Waals surface area contributed by atoms with Crippen LogP contribution in [0.2, 0.25) is 0 Å². The second-order valence-electron chi connectivity index (χ2n) is 2.26. The van der Waals surface area contributed by atoms with Crippen molar-refractivity contribution in [3.8, 4) is 11.8 Å². The van der Waals surface area contributed by atoms with E-state index >= 15 is 0 Å². The van der Waals surface area contributed by atoms with E-state index in [2.05, 4.69) is 0 Å². The van der Waals surface area contributed by atoms with Crippen molar-refractivity contribution in [2.45, 2.75) is 6.54 Å². The molecule has 0 aromatic heterocycles. The molecule has 1 aromatic carbocycles. The molecule has 4 heteroatoms. The van der Waals surface area contributed by atoms with Gasteiger partial charge in [-0.05, 0) is 6.07 Å². The van der Waals surface area contributed by atoms with Crippen LogP contribution in [0.5, 0.6) is 5.75 Å². The third kappa shape index (κ3) is 3.32. The van der Waals surface area contributed by atoms with Crippen LogP contribution in [0.4, 0.5) is 0 Å². The normalized spacial score (nSPS) is 8.31. The zero-order valence-electron chi connectivity index (χ0n) is 7.06. The van der Waals surface area contributed by atoms with Crippen LogP contribution in [0, 0.1) is 11.3 Å². The monoisotopic (exact) mass is 198 g/mol. The number of para-hydroxylation sites is 1. The fraction of sp³-hybridized carbons (Fsp3) is 0.222. The molecule has 0 atom stereocenters. The van der Waals surface area contributed by atoms with Crippen molar-refractivity contribution in [3.05, 3.63) is 29.8 Å². The van der Waals surface area contributed by atoms with Crippen LogP contribution in [0.3, 0.4) is 0 Å². The highest BCUT2D eigenvalue weighted by molar-refractivity contribution is 5.85. The van der Waals surface area contributed by atoms with Crippen LogP contribution in [0.15, 0.2) is 24.3 Å². The Hall–Kier alpha value is -1.24. The SMILES string of the molecule is Cl.N#CCOc1ccccc1CN. The zero-order chi connectivity index (χ0) is 8.81. The molecule has 0 spiro atoms. The molecule has 0 amide bonds. The number of benzene rings is 1. The lowest BCUT2D eigenvalue weighted by Gasteiger charge is -2.05. The molecule has 0 saturated heterocycles. The van der Waals surface area contributed by atoms with Gasteiger partial charge < -0.3 is 10.5 Å². The van der Waals surface area contributed by atoms with Gasteiger partial charge in [-0.25, -0.2) is 0 Å². The molecule has 0 unspecified atom stereocenters. The summed E-state index contributed by atoms with van der Waals surface area (Å²) in [6.45, 7) is 0.499. The minimum atomic E-state index is 0. The number of nitrogens with two attached hydrogens (primary N) is 1. The molecular weight excluding hydrogens is 188 g/mol. The smallest absolute Gasteiger partial charge is 0.174 e. The van der Waals surface area contributed by atoms with E-state index in [1.807, 2.05) is 24.3 Å². The molecule has 1 rings (SSSR count). The number of hydrogen-bond donors (Lipinski definition) is 1. The summed E-state index contributed by atoms with van der Waals surface area (Å²) in [4.78, 5) is 0. The highest BCUT2D eigenvalue weighted by atomic mass is 35.5. The Labute approximate surface area is 83.5 Å². The Kier molecular flexibility index (Phi) is 5.69. The van der Waals surface area contributed by atoms with Gasteiger partial charge >= 0.3 is 0 Å². The van der Waals surface area contributed by atoms with Crippen molar-refractivity contribution in [1.82, 2.24) is 0 Å². The minimum absolute atomic E-state index is 0. The maximum Gasteiger partial charge on any atom is 0.174 e. The molecule has 0 heterocycles. The predicted molar refractivity (Wildman–Crippen MR) is 52.7 cm³/mol. The van der Waals surface area contributed by atoms with Gasteiger partial charge in [-0.1, -0.05) is 18.2 Å². The van der Waals surface area contributed by atoms with Gasteiger partial charge in [0.05, 0.1) is 0 Å². The van der Waals surface area contributed by atoms with Gasteiger partial charge in [0, 0.05) is 12.1 Å². The molecule has 0 fully saturated rings. The van der Waals surface area contributed by atoms with E-state index < -0.39 is 0 Å². The van der Waals surface area contributed by atoms with Crippen LogP contribution in [0.25, 0.3) is 0 Å². The first-order chi connectivity index (χ1) is 5.88. The van der Waals surface area contributed by atoms with Gasteiger partial charge in [-0.15, -0.1) is 12.4 Å². The summed E-state index contributed by atoms with van der Waals surface area (Å²) >= 11 is 0. The summed E-state index contributed by atoms with van der Waals surface area (Å²) in [6.07, 6.45) is 0. The molecule has 0 bridgehead atoms. The molecule has 0 aliphatic rings. The van der Waals surface area contributed by atoms with E-state index in [1.54, 1.807) is 6.07 Å². The highest BCUT2D eigenvalue weighted by Crippen LogP contribution is 2.16. The van der Waals surface area contributed by atoms with Gasteiger partial charge in [-0.3, -0.25) is 0 Å². The van der Waals surface area contributed by atoms with Crippen molar-refractivity contribution in [1.29, 1.82) is 5.26 Å². The van der Waals surface area contributed by atoms with Gasteiger partial charge in [0.15, 0.2) is 6.61 Å². The number of halogens is 1. The zero-order valence-corrected chi connectivity index (χ0v) is 7.88. The maximum atomic E-state index is 8.28. The van der Waals surface area contributed by atoms with Crippen LogP contribution in [-0.2, 0) is 6.54 Å². The number of nitriles is 1. The lowest BCUT2D eigenvalue weighted by molar-refractivity contribution is 0.364. The van der Waals surface area contributed by atoms with Crippen LogP contribution in [0.1, 0.15) is 5.56 Å². The van der Waals surface area contributed by atoms with Crippen molar-refractivity contribution in [2.75, 3.05) is 6.61 Å². The fourth-order valence-corrected chi connectivity index (χ4v) is 0.923. The maximum absolute atomic E-state index is 8.28. The van der Waals surface area contributed by atoms with Gasteiger partial charge in [0.1, 0.15) is 11.8 Å². The summed E-state index contributed by atoms with van der Waals surface area (Å²) in [7, 11) is 0. The van der Waals surface area contributed by atoms with E-state index in [9.17, 15) is 0 Å². The Morgan fingerprint density at radius 2 is 2.08 bits per heavy atom. The van der Waals surface area contributed by atoms with E-state index in [1.165, 1.54) is 0 Å². The molecule has 70 valence electrons. The molecule has 2 N–H and O–H groups in total. The van der Waals surface area contributed by atoms with Crippen molar-refractivity contribution in [3.63, 3.8) is 0 Å². The highest BCUT2D eigenvalue weighted by Gasteiger charge is 1.98. The summed E-state index contributed by atoms with van der Waals surface area (Å²) < 4.78 is 5.14. The third-order valence-corrected chi connectivity index (χ3v) is 1.48. The second kappa shape index (κ2) is 6.30. The average molecular weight is 199 g/mol. The standard InChI is InChI=1S/C9H10N2O.ClH/c10-5-6-12-9-4-2-1-3-8(9)7-11;/h1-4H,6-7,11H2;1H.